The summed E-state index contributed by atoms with van der Waals surface area (Å²) in [5, 5.41) is 0.653. The molecular formula is C22H23ClFN3O2. The summed E-state index contributed by atoms with van der Waals surface area (Å²) in [5.74, 6) is -1.19. The number of anilines is 2. The predicted molar refractivity (Wildman–Crippen MR) is 112 cm³/mol. The Morgan fingerprint density at radius 3 is 2.48 bits per heavy atom. The average molecular weight is 416 g/mol. The summed E-state index contributed by atoms with van der Waals surface area (Å²) < 4.78 is 14.0. The normalized spacial score (nSPS) is 19.8. The Morgan fingerprint density at radius 1 is 1.07 bits per heavy atom. The molecule has 2 aromatic carbocycles. The van der Waals surface area contributed by atoms with Gasteiger partial charge in [0.1, 0.15) is 11.7 Å². The van der Waals surface area contributed by atoms with Crippen molar-refractivity contribution in [3.8, 4) is 0 Å². The number of carbonyl (C=O) groups is 2. The summed E-state index contributed by atoms with van der Waals surface area (Å²) in [4.78, 5) is 31.2. The van der Waals surface area contributed by atoms with Crippen LogP contribution in [0.15, 0.2) is 42.5 Å². The Balaban J connectivity index is 1.40. The molecule has 29 heavy (non-hydrogen) atoms. The molecule has 4 rings (SSSR count). The molecule has 2 heterocycles. The summed E-state index contributed by atoms with van der Waals surface area (Å²) in [5.41, 5.74) is 2.23. The van der Waals surface area contributed by atoms with Crippen LogP contribution >= 0.6 is 11.6 Å². The third-order valence-corrected chi connectivity index (χ3v) is 6.17. The molecule has 2 aromatic rings. The highest BCUT2D eigenvalue weighted by atomic mass is 35.5. The molecule has 1 atom stereocenters. The number of aryl methyl sites for hydroxylation is 1. The van der Waals surface area contributed by atoms with Crippen LogP contribution in [0.5, 0.6) is 0 Å². The number of hydrogen-bond donors (Lipinski definition) is 0. The Kier molecular flexibility index (Phi) is 5.46. The van der Waals surface area contributed by atoms with E-state index in [-0.39, 0.29) is 17.6 Å². The van der Waals surface area contributed by atoms with Crippen LogP contribution in [0.1, 0.15) is 12.0 Å². The molecule has 2 aliphatic heterocycles. The van der Waals surface area contributed by atoms with E-state index in [1.165, 1.54) is 6.07 Å². The zero-order chi connectivity index (χ0) is 20.5. The number of rotatable bonds is 3. The smallest absolute Gasteiger partial charge is 0.239 e. The second kappa shape index (κ2) is 8.03. The van der Waals surface area contributed by atoms with Gasteiger partial charge in [-0.2, -0.15) is 0 Å². The maximum Gasteiger partial charge on any atom is 0.239 e. The first-order valence-corrected chi connectivity index (χ1v) is 10.2. The standard InChI is InChI=1S/C22H23ClFN3O2/c1-15-14-16(6-7-18(15)23)27-9-8-17(22(27)29)21(28)26-12-10-25(11-13-26)20-5-3-2-4-19(20)24/h2-7,14,17H,8-13H2,1H3/t17-/m0/s1. The zero-order valence-electron chi connectivity index (χ0n) is 16.3. The highest BCUT2D eigenvalue weighted by Crippen LogP contribution is 2.30. The molecule has 0 N–H and O–H groups in total. The van der Waals surface area contributed by atoms with Crippen molar-refractivity contribution >= 4 is 34.8 Å². The minimum absolute atomic E-state index is 0.128. The minimum atomic E-state index is -0.647. The Labute approximate surface area is 174 Å². The lowest BCUT2D eigenvalue weighted by molar-refractivity contribution is -0.140. The second-order valence-electron chi connectivity index (χ2n) is 7.53. The lowest BCUT2D eigenvalue weighted by Crippen LogP contribution is -2.51. The molecule has 0 aromatic heterocycles. The van der Waals surface area contributed by atoms with Gasteiger partial charge >= 0.3 is 0 Å². The summed E-state index contributed by atoms with van der Waals surface area (Å²) in [7, 11) is 0. The van der Waals surface area contributed by atoms with Gasteiger partial charge in [-0.3, -0.25) is 9.59 Å². The molecule has 0 saturated carbocycles. The molecule has 7 heteroatoms. The molecule has 5 nitrogen and oxygen atoms in total. The number of amides is 2. The van der Waals surface area contributed by atoms with Crippen LogP contribution in [-0.2, 0) is 9.59 Å². The van der Waals surface area contributed by atoms with Gasteiger partial charge in [-0.15, -0.1) is 0 Å². The number of carbonyl (C=O) groups excluding carboxylic acids is 2. The molecule has 0 spiro atoms. The van der Waals surface area contributed by atoms with Gasteiger partial charge in [0.15, 0.2) is 0 Å². The van der Waals surface area contributed by atoms with E-state index in [0.29, 0.717) is 49.9 Å². The first-order chi connectivity index (χ1) is 14.0. The Hall–Kier alpha value is -2.60. The highest BCUT2D eigenvalue weighted by molar-refractivity contribution is 6.31. The number of nitrogens with zero attached hydrogens (tertiary/aromatic N) is 3. The van der Waals surface area contributed by atoms with Crippen molar-refractivity contribution < 1.29 is 14.0 Å². The van der Waals surface area contributed by atoms with E-state index in [1.807, 2.05) is 24.0 Å². The topological polar surface area (TPSA) is 43.9 Å². The van der Waals surface area contributed by atoms with Crippen LogP contribution in [0.2, 0.25) is 5.02 Å². The fourth-order valence-corrected chi connectivity index (χ4v) is 4.18. The quantitative estimate of drug-likeness (QED) is 0.721. The summed E-state index contributed by atoms with van der Waals surface area (Å²) >= 11 is 6.08. The fraction of sp³-hybridized carbons (Fsp3) is 0.364. The van der Waals surface area contributed by atoms with Crippen molar-refractivity contribution in [3.05, 3.63) is 58.9 Å². The lowest BCUT2D eigenvalue weighted by atomic mass is 10.1. The third-order valence-electron chi connectivity index (χ3n) is 5.74. The van der Waals surface area contributed by atoms with Crippen molar-refractivity contribution in [2.75, 3.05) is 42.5 Å². The average Bonchev–Trinajstić information content (AvgIpc) is 3.11. The van der Waals surface area contributed by atoms with E-state index in [2.05, 4.69) is 0 Å². The minimum Gasteiger partial charge on any atom is -0.366 e. The number of benzene rings is 2. The molecule has 152 valence electrons. The first kappa shape index (κ1) is 19.7. The predicted octanol–water partition coefficient (Wildman–Crippen LogP) is 3.49. The van der Waals surface area contributed by atoms with Gasteiger partial charge in [0.2, 0.25) is 11.8 Å². The van der Waals surface area contributed by atoms with Crippen molar-refractivity contribution in [2.24, 2.45) is 5.92 Å². The monoisotopic (exact) mass is 415 g/mol. The van der Waals surface area contributed by atoms with Crippen LogP contribution in [-0.4, -0.2) is 49.4 Å². The molecule has 2 saturated heterocycles. The largest absolute Gasteiger partial charge is 0.366 e. The van der Waals surface area contributed by atoms with Gasteiger partial charge < -0.3 is 14.7 Å². The Bertz CT molecular complexity index is 943. The van der Waals surface area contributed by atoms with E-state index in [1.54, 1.807) is 34.1 Å². The lowest BCUT2D eigenvalue weighted by Gasteiger charge is -2.37. The third kappa shape index (κ3) is 3.81. The maximum absolute atomic E-state index is 14.0. The number of para-hydroxylation sites is 1. The molecular weight excluding hydrogens is 393 g/mol. The molecule has 2 aliphatic rings. The van der Waals surface area contributed by atoms with E-state index in [9.17, 15) is 14.0 Å². The summed E-state index contributed by atoms with van der Waals surface area (Å²) in [6, 6.07) is 12.1. The van der Waals surface area contributed by atoms with Crippen molar-refractivity contribution in [3.63, 3.8) is 0 Å². The molecule has 0 radical (unpaired) electrons. The van der Waals surface area contributed by atoms with Gasteiger partial charge in [0, 0.05) is 43.4 Å². The summed E-state index contributed by atoms with van der Waals surface area (Å²) in [6.45, 7) is 4.48. The van der Waals surface area contributed by atoms with Crippen LogP contribution in [0.25, 0.3) is 0 Å². The molecule has 2 amide bonds. The van der Waals surface area contributed by atoms with E-state index in [0.717, 1.165) is 11.3 Å². The zero-order valence-corrected chi connectivity index (χ0v) is 17.0. The maximum atomic E-state index is 14.0. The number of halogens is 2. The van der Waals surface area contributed by atoms with Crippen molar-refractivity contribution in [2.45, 2.75) is 13.3 Å². The van der Waals surface area contributed by atoms with Crippen LogP contribution < -0.4 is 9.80 Å². The van der Waals surface area contributed by atoms with Gasteiger partial charge in [-0.25, -0.2) is 4.39 Å². The van der Waals surface area contributed by atoms with E-state index < -0.39 is 5.92 Å². The van der Waals surface area contributed by atoms with Gasteiger partial charge in [0.25, 0.3) is 0 Å². The van der Waals surface area contributed by atoms with Gasteiger partial charge in [-0.05, 0) is 49.2 Å². The molecule has 0 bridgehead atoms. The second-order valence-corrected chi connectivity index (χ2v) is 7.94. The molecule has 2 fully saturated rings. The Morgan fingerprint density at radius 2 is 1.79 bits per heavy atom. The number of hydrogen-bond acceptors (Lipinski definition) is 3. The van der Waals surface area contributed by atoms with E-state index >= 15 is 0 Å². The van der Waals surface area contributed by atoms with Gasteiger partial charge in [-0.1, -0.05) is 23.7 Å². The van der Waals surface area contributed by atoms with Crippen LogP contribution in [0.4, 0.5) is 15.8 Å². The van der Waals surface area contributed by atoms with Gasteiger partial charge in [0.05, 0.1) is 5.69 Å². The van der Waals surface area contributed by atoms with Crippen LogP contribution in [0, 0.1) is 18.7 Å². The van der Waals surface area contributed by atoms with Crippen LogP contribution in [0.3, 0.4) is 0 Å². The fourth-order valence-electron chi connectivity index (χ4n) is 4.06. The van der Waals surface area contributed by atoms with E-state index in [4.69, 9.17) is 11.6 Å². The first-order valence-electron chi connectivity index (χ1n) is 9.81. The SMILES string of the molecule is Cc1cc(N2CC[C@@H](C(=O)N3CCN(c4ccccc4F)CC3)C2=O)ccc1Cl. The summed E-state index contributed by atoms with van der Waals surface area (Å²) in [6.07, 6.45) is 0.507. The van der Waals surface area contributed by atoms with Crippen molar-refractivity contribution in [1.82, 2.24) is 4.90 Å². The highest BCUT2D eigenvalue weighted by Gasteiger charge is 2.40. The van der Waals surface area contributed by atoms with Crippen molar-refractivity contribution in [1.29, 1.82) is 0 Å². The number of piperazine rings is 1. The molecule has 0 unspecified atom stereocenters. The molecule has 0 aliphatic carbocycles.